The largest absolute Gasteiger partial charge is 0.426 e. The molecule has 0 atom stereocenters. The van der Waals surface area contributed by atoms with Crippen LogP contribution in [0.25, 0.3) is 0 Å². The van der Waals surface area contributed by atoms with E-state index in [1.807, 2.05) is 5.41 Å². The smallest absolute Gasteiger partial charge is 0.338 e. The van der Waals surface area contributed by atoms with Crippen molar-refractivity contribution in [3.05, 3.63) is 23.3 Å². The summed E-state index contributed by atoms with van der Waals surface area (Å²) in [5, 5.41) is 1.82. The van der Waals surface area contributed by atoms with Crippen molar-refractivity contribution in [2.75, 3.05) is 5.75 Å². The predicted molar refractivity (Wildman–Crippen MR) is 41.4 cm³/mol. The van der Waals surface area contributed by atoms with E-state index in [0.717, 1.165) is 11.5 Å². The predicted octanol–water partition coefficient (Wildman–Crippen LogP) is 1.69. The molecular formula is C7H8O2S. The molecule has 0 N–H and O–H groups in total. The van der Waals surface area contributed by atoms with E-state index >= 15 is 0 Å². The van der Waals surface area contributed by atoms with Crippen molar-refractivity contribution in [1.82, 2.24) is 0 Å². The Morgan fingerprint density at radius 3 is 2.80 bits per heavy atom. The molecule has 0 spiro atoms. The maximum atomic E-state index is 10.8. The zero-order chi connectivity index (χ0) is 7.56. The van der Waals surface area contributed by atoms with Gasteiger partial charge in [-0.05, 0) is 6.92 Å². The summed E-state index contributed by atoms with van der Waals surface area (Å²) in [5.41, 5.74) is 0.442. The molecule has 10 heavy (non-hydrogen) atoms. The summed E-state index contributed by atoms with van der Waals surface area (Å²) in [7, 11) is 0. The average Bonchev–Trinajstić information content (AvgIpc) is 1.77. The third kappa shape index (κ3) is 1.64. The molecule has 54 valence electrons. The van der Waals surface area contributed by atoms with Crippen LogP contribution >= 0.6 is 11.8 Å². The highest BCUT2D eigenvalue weighted by Gasteiger charge is 2.12. The Bertz CT molecular complexity index is 206. The Kier molecular flexibility index (Phi) is 2.17. The van der Waals surface area contributed by atoms with E-state index < -0.39 is 0 Å². The van der Waals surface area contributed by atoms with Gasteiger partial charge in [0.15, 0.2) is 0 Å². The first-order valence-corrected chi connectivity index (χ1v) is 3.93. The highest BCUT2D eigenvalue weighted by Crippen LogP contribution is 2.23. The van der Waals surface area contributed by atoms with E-state index in [-0.39, 0.29) is 5.97 Å². The number of thioether (sulfide) groups is 1. The van der Waals surface area contributed by atoms with Gasteiger partial charge in [-0.1, -0.05) is 6.58 Å². The lowest BCUT2D eigenvalue weighted by atomic mass is 10.4. The Labute approximate surface area is 63.9 Å². The van der Waals surface area contributed by atoms with Crippen molar-refractivity contribution in [1.29, 1.82) is 0 Å². The summed E-state index contributed by atoms with van der Waals surface area (Å²) in [6.45, 7) is 5.09. The molecule has 1 heterocycles. The van der Waals surface area contributed by atoms with Crippen LogP contribution in [0.4, 0.5) is 0 Å². The molecule has 0 aromatic heterocycles. The lowest BCUT2D eigenvalue weighted by Crippen LogP contribution is -2.09. The maximum Gasteiger partial charge on any atom is 0.338 e. The molecule has 0 radical (unpaired) electrons. The maximum absolute atomic E-state index is 10.8. The SMILES string of the molecule is C=C(C)C(=O)OC1=CSC1. The first kappa shape index (κ1) is 7.41. The standard InChI is InChI=1S/C7H8O2S/c1-5(2)7(8)9-6-3-10-4-6/h3H,1,4H2,2H3. The van der Waals surface area contributed by atoms with Gasteiger partial charge in [-0.25, -0.2) is 4.79 Å². The number of carbonyl (C=O) groups excluding carboxylic acids is 1. The van der Waals surface area contributed by atoms with Crippen LogP contribution in [0.2, 0.25) is 0 Å². The molecule has 1 aliphatic heterocycles. The van der Waals surface area contributed by atoms with Gasteiger partial charge in [-0.2, -0.15) is 0 Å². The molecule has 0 aliphatic carbocycles. The minimum Gasteiger partial charge on any atom is -0.426 e. The Hall–Kier alpha value is -0.700. The Balaban J connectivity index is 2.38. The van der Waals surface area contributed by atoms with Gasteiger partial charge in [-0.3, -0.25) is 0 Å². The zero-order valence-electron chi connectivity index (χ0n) is 5.72. The monoisotopic (exact) mass is 156 g/mol. The van der Waals surface area contributed by atoms with Crippen LogP contribution in [0.1, 0.15) is 6.92 Å². The fourth-order valence-corrected chi connectivity index (χ4v) is 0.821. The zero-order valence-corrected chi connectivity index (χ0v) is 6.53. The van der Waals surface area contributed by atoms with E-state index in [4.69, 9.17) is 4.74 Å². The van der Waals surface area contributed by atoms with Crippen molar-refractivity contribution in [2.24, 2.45) is 0 Å². The second-order valence-electron chi connectivity index (χ2n) is 2.07. The van der Waals surface area contributed by atoms with Crippen LogP contribution in [0.5, 0.6) is 0 Å². The molecule has 0 bridgehead atoms. The normalized spacial score (nSPS) is 15.1. The summed E-state index contributed by atoms with van der Waals surface area (Å²) in [4.78, 5) is 10.8. The summed E-state index contributed by atoms with van der Waals surface area (Å²) in [6, 6.07) is 0. The van der Waals surface area contributed by atoms with Gasteiger partial charge >= 0.3 is 5.97 Å². The molecule has 0 fully saturated rings. The molecule has 2 nitrogen and oxygen atoms in total. The second kappa shape index (κ2) is 2.92. The third-order valence-electron chi connectivity index (χ3n) is 1.01. The summed E-state index contributed by atoms with van der Waals surface area (Å²) < 4.78 is 4.85. The van der Waals surface area contributed by atoms with Crippen molar-refractivity contribution in [3.63, 3.8) is 0 Å². The van der Waals surface area contributed by atoms with E-state index in [1.54, 1.807) is 18.7 Å². The Morgan fingerprint density at radius 2 is 2.50 bits per heavy atom. The van der Waals surface area contributed by atoms with Gasteiger partial charge in [0.25, 0.3) is 0 Å². The van der Waals surface area contributed by atoms with Gasteiger partial charge in [0, 0.05) is 11.0 Å². The highest BCUT2D eigenvalue weighted by molar-refractivity contribution is 8.03. The molecule has 1 aliphatic rings. The molecule has 0 saturated heterocycles. The van der Waals surface area contributed by atoms with Crippen LogP contribution in [0.15, 0.2) is 23.3 Å². The van der Waals surface area contributed by atoms with Crippen LogP contribution < -0.4 is 0 Å². The quantitative estimate of drug-likeness (QED) is 0.449. The number of esters is 1. The lowest BCUT2D eigenvalue weighted by Gasteiger charge is -2.12. The summed E-state index contributed by atoms with van der Waals surface area (Å²) >= 11 is 1.63. The fourth-order valence-electron chi connectivity index (χ4n) is 0.411. The van der Waals surface area contributed by atoms with E-state index in [1.165, 1.54) is 0 Å². The van der Waals surface area contributed by atoms with Crippen LogP contribution in [-0.2, 0) is 9.53 Å². The van der Waals surface area contributed by atoms with Crippen LogP contribution in [0.3, 0.4) is 0 Å². The van der Waals surface area contributed by atoms with Crippen molar-refractivity contribution in [3.8, 4) is 0 Å². The molecule has 0 saturated carbocycles. The van der Waals surface area contributed by atoms with Gasteiger partial charge in [0.05, 0.1) is 5.75 Å². The summed E-state index contributed by atoms with van der Waals surface area (Å²) in [6.07, 6.45) is 0. The number of ether oxygens (including phenoxy) is 1. The molecule has 1 rings (SSSR count). The Morgan fingerprint density at radius 1 is 1.90 bits per heavy atom. The van der Waals surface area contributed by atoms with Crippen LogP contribution in [0, 0.1) is 0 Å². The third-order valence-corrected chi connectivity index (χ3v) is 1.89. The van der Waals surface area contributed by atoms with Crippen molar-refractivity contribution >= 4 is 17.7 Å². The van der Waals surface area contributed by atoms with Gasteiger partial charge in [0.1, 0.15) is 5.76 Å². The van der Waals surface area contributed by atoms with Crippen molar-refractivity contribution in [2.45, 2.75) is 6.92 Å². The van der Waals surface area contributed by atoms with Crippen LogP contribution in [-0.4, -0.2) is 11.7 Å². The fraction of sp³-hybridized carbons (Fsp3) is 0.286. The molecular weight excluding hydrogens is 148 g/mol. The topological polar surface area (TPSA) is 26.3 Å². The molecule has 0 aromatic carbocycles. The van der Waals surface area contributed by atoms with E-state index in [2.05, 4.69) is 6.58 Å². The number of hydrogen-bond donors (Lipinski definition) is 0. The van der Waals surface area contributed by atoms with E-state index in [0.29, 0.717) is 5.57 Å². The first-order chi connectivity index (χ1) is 4.70. The first-order valence-electron chi connectivity index (χ1n) is 2.88. The minimum absolute atomic E-state index is 0.327. The number of carbonyl (C=O) groups is 1. The lowest BCUT2D eigenvalue weighted by molar-refractivity contribution is -0.134. The summed E-state index contributed by atoms with van der Waals surface area (Å²) in [5.74, 6) is 1.23. The van der Waals surface area contributed by atoms with Gasteiger partial charge in [0.2, 0.25) is 0 Å². The molecule has 0 aromatic rings. The van der Waals surface area contributed by atoms with E-state index in [9.17, 15) is 4.79 Å². The van der Waals surface area contributed by atoms with Gasteiger partial charge in [-0.15, -0.1) is 11.8 Å². The highest BCUT2D eigenvalue weighted by atomic mass is 32.2. The van der Waals surface area contributed by atoms with Gasteiger partial charge < -0.3 is 4.74 Å². The molecule has 3 heteroatoms. The average molecular weight is 156 g/mol. The minimum atomic E-state index is -0.327. The molecule has 0 unspecified atom stereocenters. The second-order valence-corrected chi connectivity index (χ2v) is 2.92. The van der Waals surface area contributed by atoms with Crippen molar-refractivity contribution < 1.29 is 9.53 Å². The molecule has 0 amide bonds. The number of hydrogen-bond acceptors (Lipinski definition) is 3. The number of rotatable bonds is 2.